The zero-order valence-corrected chi connectivity index (χ0v) is 15.3. The van der Waals surface area contributed by atoms with Crippen LogP contribution in [0.1, 0.15) is 25.7 Å². The van der Waals surface area contributed by atoms with Crippen LogP contribution in [0.25, 0.3) is 22.3 Å². The Morgan fingerprint density at radius 3 is 2.73 bits per heavy atom. The van der Waals surface area contributed by atoms with E-state index >= 15 is 0 Å². The van der Waals surface area contributed by atoms with Crippen molar-refractivity contribution >= 4 is 26.8 Å². The summed E-state index contributed by atoms with van der Waals surface area (Å²) in [6.45, 7) is -1.74. The molecule has 2 aromatic heterocycles. The van der Waals surface area contributed by atoms with Gasteiger partial charge in [-0.15, -0.1) is 0 Å². The third-order valence-corrected chi connectivity index (χ3v) is 5.14. The van der Waals surface area contributed by atoms with Crippen LogP contribution in [0.2, 0.25) is 0 Å². The number of nitrogens with one attached hydrogen (secondary N) is 1. The van der Waals surface area contributed by atoms with Crippen molar-refractivity contribution in [1.82, 2.24) is 15.0 Å². The zero-order chi connectivity index (χ0) is 19.3. The molecule has 2 aromatic carbocycles. The molecule has 1 N–H and O–H groups in total. The van der Waals surface area contributed by atoms with Crippen molar-refractivity contribution in [3.05, 3.63) is 82.2 Å². The second-order valence-corrected chi connectivity index (χ2v) is 7.14. The van der Waals surface area contributed by atoms with Gasteiger partial charge in [0.2, 0.25) is 0 Å². The number of aryl methyl sites for hydroxylation is 1. The normalized spacial score (nSPS) is 19.7. The van der Waals surface area contributed by atoms with E-state index < -0.39 is 12.7 Å². The Labute approximate surface area is 162 Å². The summed E-state index contributed by atoms with van der Waals surface area (Å²) in [5.74, 6) is 0.657. The first-order valence-electron chi connectivity index (χ1n) is 9.35. The Morgan fingerprint density at radius 1 is 1.12 bits per heavy atom. The van der Waals surface area contributed by atoms with Gasteiger partial charge in [-0.2, -0.15) is 0 Å². The lowest BCUT2D eigenvalue weighted by Crippen LogP contribution is -2.16. The molecule has 0 radical (unpaired) electrons. The predicted molar refractivity (Wildman–Crippen MR) is 105 cm³/mol. The fraction of sp³-hybridized carbons (Fsp3) is 0.143. The molecule has 0 aliphatic carbocycles. The first-order valence-corrected chi connectivity index (χ1v) is 9.15. The van der Waals surface area contributed by atoms with E-state index in [1.165, 1.54) is 0 Å². The summed E-state index contributed by atoms with van der Waals surface area (Å²) in [5.41, 5.74) is 4.65. The van der Waals surface area contributed by atoms with Crippen LogP contribution in [0, 0.1) is 0 Å². The number of halogens is 1. The van der Waals surface area contributed by atoms with Crippen LogP contribution in [0.5, 0.6) is 0 Å². The van der Waals surface area contributed by atoms with Crippen molar-refractivity contribution in [2.24, 2.45) is 0 Å². The molecule has 0 saturated heterocycles. The summed E-state index contributed by atoms with van der Waals surface area (Å²) in [5, 5.41) is 1.02. The molecule has 0 spiro atoms. The Kier molecular flexibility index (Phi) is 3.33. The fourth-order valence-corrected chi connectivity index (χ4v) is 3.76. The molecule has 1 aliphatic heterocycles. The molecular formula is C21H16BrN3O. The standard InChI is InChI=1S/C21H16BrN3O/c22-15-6-7-18-17(12-15)16-8-11-26-20(19(16)25-18)13-2-4-14(5-3-13)21-23-9-1-10-24-21/h1-7,9-10,12,20,25H,8,11H2/i11D2. The van der Waals surface area contributed by atoms with E-state index in [4.69, 9.17) is 7.48 Å². The molecule has 0 saturated carbocycles. The van der Waals surface area contributed by atoms with Gasteiger partial charge in [0.1, 0.15) is 6.10 Å². The quantitative estimate of drug-likeness (QED) is 0.505. The third kappa shape index (κ3) is 2.64. The van der Waals surface area contributed by atoms with Gasteiger partial charge in [-0.3, -0.25) is 0 Å². The maximum atomic E-state index is 8.28. The molecule has 128 valence electrons. The van der Waals surface area contributed by atoms with Crippen LogP contribution in [0.3, 0.4) is 0 Å². The summed E-state index contributed by atoms with van der Waals surface area (Å²) in [4.78, 5) is 12.0. The molecule has 4 nitrogen and oxygen atoms in total. The smallest absolute Gasteiger partial charge is 0.159 e. The van der Waals surface area contributed by atoms with E-state index in [0.29, 0.717) is 5.82 Å². The first-order chi connectivity index (χ1) is 13.5. The predicted octanol–water partition coefficient (Wildman–Crippen LogP) is 5.05. The number of hydrogen-bond acceptors (Lipinski definition) is 3. The lowest BCUT2D eigenvalue weighted by molar-refractivity contribution is 0.0677. The van der Waals surface area contributed by atoms with Crippen molar-refractivity contribution < 1.29 is 7.48 Å². The van der Waals surface area contributed by atoms with Gasteiger partial charge in [-0.25, -0.2) is 9.97 Å². The SMILES string of the molecule is [2H]C1([2H])Cc2c([nH]c3ccc(Br)cc23)C(c2ccc(-c3ncccn3)cc2)O1. The number of nitrogens with zero attached hydrogens (tertiary/aromatic N) is 2. The molecular weight excluding hydrogens is 390 g/mol. The van der Waals surface area contributed by atoms with Crippen LogP contribution in [-0.2, 0) is 11.2 Å². The zero-order valence-electron chi connectivity index (χ0n) is 15.7. The molecule has 3 heterocycles. The number of benzene rings is 2. The fourth-order valence-electron chi connectivity index (χ4n) is 3.40. The number of fused-ring (bicyclic) bond motifs is 3. The third-order valence-electron chi connectivity index (χ3n) is 4.65. The Bertz CT molecular complexity index is 1160. The van der Waals surface area contributed by atoms with Gasteiger partial charge >= 0.3 is 0 Å². The van der Waals surface area contributed by atoms with Crippen molar-refractivity contribution in [3.8, 4) is 11.4 Å². The second kappa shape index (κ2) is 6.34. The Balaban J connectivity index is 1.60. The van der Waals surface area contributed by atoms with Crippen molar-refractivity contribution in [1.29, 1.82) is 0 Å². The van der Waals surface area contributed by atoms with Gasteiger partial charge in [0.15, 0.2) is 5.82 Å². The number of hydrogen-bond donors (Lipinski definition) is 1. The topological polar surface area (TPSA) is 50.8 Å². The van der Waals surface area contributed by atoms with Crippen LogP contribution >= 0.6 is 15.9 Å². The van der Waals surface area contributed by atoms with Gasteiger partial charge in [0.25, 0.3) is 0 Å². The van der Waals surface area contributed by atoms with Crippen LogP contribution in [0.4, 0.5) is 0 Å². The lowest BCUT2D eigenvalue weighted by Gasteiger charge is -2.24. The summed E-state index contributed by atoms with van der Waals surface area (Å²) in [6.07, 6.45) is 3.13. The van der Waals surface area contributed by atoms with Gasteiger partial charge in [-0.05, 0) is 41.8 Å². The molecule has 0 fully saturated rings. The highest BCUT2D eigenvalue weighted by atomic mass is 79.9. The number of H-pyrrole nitrogens is 1. The minimum absolute atomic E-state index is 0.214. The molecule has 5 heteroatoms. The summed E-state index contributed by atoms with van der Waals surface area (Å²) in [6, 6.07) is 15.6. The monoisotopic (exact) mass is 407 g/mol. The van der Waals surface area contributed by atoms with Crippen molar-refractivity contribution in [3.63, 3.8) is 0 Å². The molecule has 5 rings (SSSR count). The maximum Gasteiger partial charge on any atom is 0.159 e. The van der Waals surface area contributed by atoms with E-state index in [1.54, 1.807) is 18.5 Å². The minimum atomic E-state index is -1.74. The molecule has 26 heavy (non-hydrogen) atoms. The Morgan fingerprint density at radius 2 is 1.92 bits per heavy atom. The summed E-state index contributed by atoms with van der Waals surface area (Å²) >= 11 is 3.51. The molecule has 0 amide bonds. The molecule has 1 unspecified atom stereocenters. The number of aromatic nitrogens is 3. The molecule has 4 aromatic rings. The van der Waals surface area contributed by atoms with E-state index in [0.717, 1.165) is 37.8 Å². The maximum absolute atomic E-state index is 8.28. The molecule has 0 bridgehead atoms. The van der Waals surface area contributed by atoms with E-state index in [2.05, 4.69) is 30.9 Å². The van der Waals surface area contributed by atoms with E-state index in [-0.39, 0.29) is 6.42 Å². The highest BCUT2D eigenvalue weighted by Crippen LogP contribution is 2.37. The van der Waals surface area contributed by atoms with Crippen molar-refractivity contribution in [2.45, 2.75) is 12.5 Å². The van der Waals surface area contributed by atoms with Crippen molar-refractivity contribution in [2.75, 3.05) is 6.56 Å². The second-order valence-electron chi connectivity index (χ2n) is 6.22. The largest absolute Gasteiger partial charge is 0.367 e. The average Bonchev–Trinajstić information content (AvgIpc) is 3.05. The Hall–Kier alpha value is -2.50. The highest BCUT2D eigenvalue weighted by Gasteiger charge is 2.26. The summed E-state index contributed by atoms with van der Waals surface area (Å²) in [7, 11) is 0. The minimum Gasteiger partial charge on any atom is -0.367 e. The first kappa shape index (κ1) is 13.7. The number of ether oxygens (including phenoxy) is 1. The van der Waals surface area contributed by atoms with E-state index in [1.807, 2.05) is 42.5 Å². The highest BCUT2D eigenvalue weighted by molar-refractivity contribution is 9.10. The van der Waals surface area contributed by atoms with Gasteiger partial charge in [-0.1, -0.05) is 40.2 Å². The molecule has 1 aliphatic rings. The molecule has 1 atom stereocenters. The summed E-state index contributed by atoms with van der Waals surface area (Å²) < 4.78 is 23.4. The van der Waals surface area contributed by atoms with E-state index in [9.17, 15) is 0 Å². The van der Waals surface area contributed by atoms with Crippen LogP contribution in [-0.4, -0.2) is 21.5 Å². The van der Waals surface area contributed by atoms with Gasteiger partial charge < -0.3 is 9.72 Å². The lowest BCUT2D eigenvalue weighted by atomic mass is 9.97. The average molecular weight is 408 g/mol. The van der Waals surface area contributed by atoms with Crippen LogP contribution < -0.4 is 0 Å². The number of aromatic amines is 1. The van der Waals surface area contributed by atoms with Gasteiger partial charge in [0.05, 0.1) is 15.0 Å². The van der Waals surface area contributed by atoms with Gasteiger partial charge in [0, 0.05) is 33.3 Å². The van der Waals surface area contributed by atoms with Crippen LogP contribution in [0.15, 0.2) is 65.4 Å². The number of rotatable bonds is 2.